The monoisotopic (exact) mass is 253 g/mol. The Labute approximate surface area is 104 Å². The summed E-state index contributed by atoms with van der Waals surface area (Å²) >= 11 is 6.59. The summed E-state index contributed by atoms with van der Waals surface area (Å²) in [4.78, 5) is 13.4. The lowest BCUT2D eigenvalue weighted by Gasteiger charge is -2.15. The number of thioether (sulfide) groups is 1. The first kappa shape index (κ1) is 11.4. The number of amides is 1. The number of hydrogen-bond donors (Lipinski definition) is 0. The maximum absolute atomic E-state index is 11.9. The van der Waals surface area contributed by atoms with E-state index in [0.29, 0.717) is 4.32 Å². The number of thiocarbonyl (C=S) groups is 1. The van der Waals surface area contributed by atoms with Gasteiger partial charge in [-0.15, -0.1) is 0 Å². The molecule has 1 atom stereocenters. The number of benzene rings is 1. The fourth-order valence-corrected chi connectivity index (χ4v) is 2.93. The standard InChI is InChI=1S/C11H11NO2S2/c1-7-10(13)12(11(15)16-7)8-3-5-9(14-2)6-4-8/h3-7H,1-2H3. The van der Waals surface area contributed by atoms with Gasteiger partial charge in [0.1, 0.15) is 10.1 Å². The Hall–Kier alpha value is -1.07. The predicted molar refractivity (Wildman–Crippen MR) is 70.1 cm³/mol. The minimum atomic E-state index is -0.0883. The van der Waals surface area contributed by atoms with Gasteiger partial charge < -0.3 is 4.74 Å². The summed E-state index contributed by atoms with van der Waals surface area (Å²) < 4.78 is 5.68. The van der Waals surface area contributed by atoms with Crippen LogP contribution in [0, 0.1) is 0 Å². The fourth-order valence-electron chi connectivity index (χ4n) is 1.49. The van der Waals surface area contributed by atoms with E-state index in [2.05, 4.69) is 0 Å². The molecule has 0 aromatic heterocycles. The first-order chi connectivity index (χ1) is 7.63. The van der Waals surface area contributed by atoms with Crippen molar-refractivity contribution < 1.29 is 9.53 Å². The molecule has 0 aliphatic carbocycles. The van der Waals surface area contributed by atoms with Crippen LogP contribution in [-0.2, 0) is 4.79 Å². The van der Waals surface area contributed by atoms with Crippen LogP contribution in [0.3, 0.4) is 0 Å². The molecule has 84 valence electrons. The van der Waals surface area contributed by atoms with E-state index < -0.39 is 0 Å². The normalized spacial score (nSPS) is 20.4. The number of nitrogens with zero attached hydrogens (tertiary/aromatic N) is 1. The van der Waals surface area contributed by atoms with Gasteiger partial charge in [0.25, 0.3) is 0 Å². The lowest BCUT2D eigenvalue weighted by atomic mass is 10.2. The molecule has 5 heteroatoms. The highest BCUT2D eigenvalue weighted by molar-refractivity contribution is 8.25. The van der Waals surface area contributed by atoms with Crippen molar-refractivity contribution in [2.75, 3.05) is 12.0 Å². The molecule has 16 heavy (non-hydrogen) atoms. The molecule has 1 heterocycles. The van der Waals surface area contributed by atoms with Gasteiger partial charge in [-0.25, -0.2) is 0 Å². The van der Waals surface area contributed by atoms with E-state index in [4.69, 9.17) is 17.0 Å². The number of methoxy groups -OCH3 is 1. The van der Waals surface area contributed by atoms with E-state index in [-0.39, 0.29) is 11.2 Å². The maximum Gasteiger partial charge on any atom is 0.245 e. The van der Waals surface area contributed by atoms with Gasteiger partial charge >= 0.3 is 0 Å². The fraction of sp³-hybridized carbons (Fsp3) is 0.273. The van der Waals surface area contributed by atoms with Crippen LogP contribution < -0.4 is 9.64 Å². The Balaban J connectivity index is 2.30. The van der Waals surface area contributed by atoms with E-state index in [1.54, 1.807) is 12.0 Å². The molecular weight excluding hydrogens is 242 g/mol. The summed E-state index contributed by atoms with van der Waals surface area (Å²) in [5.41, 5.74) is 0.799. The zero-order valence-corrected chi connectivity index (χ0v) is 10.6. The van der Waals surface area contributed by atoms with E-state index in [9.17, 15) is 4.79 Å². The van der Waals surface area contributed by atoms with Crippen molar-refractivity contribution in [3.63, 3.8) is 0 Å². The van der Waals surface area contributed by atoms with Crippen LogP contribution in [0.1, 0.15) is 6.92 Å². The van der Waals surface area contributed by atoms with Gasteiger partial charge in [0.15, 0.2) is 0 Å². The summed E-state index contributed by atoms with van der Waals surface area (Å²) in [6, 6.07) is 7.31. The zero-order chi connectivity index (χ0) is 11.7. The van der Waals surface area contributed by atoms with Crippen molar-refractivity contribution in [1.82, 2.24) is 0 Å². The number of carbonyl (C=O) groups excluding carboxylic acids is 1. The largest absolute Gasteiger partial charge is 0.497 e. The average molecular weight is 253 g/mol. The quantitative estimate of drug-likeness (QED) is 0.757. The van der Waals surface area contributed by atoms with Crippen molar-refractivity contribution >= 4 is 39.9 Å². The van der Waals surface area contributed by atoms with E-state index in [1.165, 1.54) is 11.8 Å². The van der Waals surface area contributed by atoms with Gasteiger partial charge in [-0.1, -0.05) is 24.0 Å². The molecule has 1 aliphatic heterocycles. The van der Waals surface area contributed by atoms with Gasteiger partial charge in [-0.05, 0) is 31.2 Å². The third kappa shape index (κ3) is 1.92. The van der Waals surface area contributed by atoms with E-state index >= 15 is 0 Å². The molecule has 3 nitrogen and oxygen atoms in total. The summed E-state index contributed by atoms with van der Waals surface area (Å²) in [7, 11) is 1.61. The van der Waals surface area contributed by atoms with Crippen LogP contribution in [-0.4, -0.2) is 22.6 Å². The maximum atomic E-state index is 11.9. The smallest absolute Gasteiger partial charge is 0.245 e. The average Bonchev–Trinajstić information content (AvgIpc) is 2.54. The SMILES string of the molecule is COc1ccc(N2C(=O)C(C)SC2=S)cc1. The first-order valence-corrected chi connectivity index (χ1v) is 6.11. The van der Waals surface area contributed by atoms with Crippen LogP contribution in [0.5, 0.6) is 5.75 Å². The highest BCUT2D eigenvalue weighted by Gasteiger charge is 2.34. The molecule has 0 radical (unpaired) electrons. The van der Waals surface area contributed by atoms with Crippen molar-refractivity contribution in [3.05, 3.63) is 24.3 Å². The Kier molecular flexibility index (Phi) is 3.16. The summed E-state index contributed by atoms with van der Waals surface area (Å²) in [6.07, 6.45) is 0. The molecule has 0 N–H and O–H groups in total. The first-order valence-electron chi connectivity index (χ1n) is 4.82. The summed E-state index contributed by atoms with van der Waals surface area (Å²) in [6.45, 7) is 1.86. The molecule has 1 aromatic carbocycles. The van der Waals surface area contributed by atoms with Crippen molar-refractivity contribution in [3.8, 4) is 5.75 Å². The Morgan fingerprint density at radius 3 is 2.44 bits per heavy atom. The van der Waals surface area contributed by atoms with Gasteiger partial charge in [-0.2, -0.15) is 0 Å². The van der Waals surface area contributed by atoms with Crippen LogP contribution in [0.25, 0.3) is 0 Å². The Morgan fingerprint density at radius 2 is 2.00 bits per heavy atom. The van der Waals surface area contributed by atoms with Crippen molar-refractivity contribution in [2.45, 2.75) is 12.2 Å². The molecule has 0 spiro atoms. The molecule has 2 rings (SSSR count). The molecule has 1 aromatic rings. The lowest BCUT2D eigenvalue weighted by molar-refractivity contribution is -0.116. The second-order valence-corrected chi connectivity index (χ2v) is 5.37. The van der Waals surface area contributed by atoms with Crippen LogP contribution >= 0.6 is 24.0 Å². The zero-order valence-electron chi connectivity index (χ0n) is 8.97. The summed E-state index contributed by atoms with van der Waals surface area (Å²) in [5, 5.41) is -0.0883. The predicted octanol–water partition coefficient (Wildman–Crippen LogP) is 2.45. The highest BCUT2D eigenvalue weighted by atomic mass is 32.2. The topological polar surface area (TPSA) is 29.5 Å². The van der Waals surface area contributed by atoms with Crippen LogP contribution in [0.15, 0.2) is 24.3 Å². The molecule has 0 saturated carbocycles. The lowest BCUT2D eigenvalue weighted by Crippen LogP contribution is -2.30. The van der Waals surface area contributed by atoms with Gasteiger partial charge in [0.05, 0.1) is 18.0 Å². The minimum Gasteiger partial charge on any atom is -0.497 e. The van der Waals surface area contributed by atoms with Gasteiger partial charge in [0.2, 0.25) is 5.91 Å². The molecule has 1 saturated heterocycles. The number of anilines is 1. The second kappa shape index (κ2) is 4.43. The van der Waals surface area contributed by atoms with Gasteiger partial charge in [0, 0.05) is 0 Å². The van der Waals surface area contributed by atoms with Crippen molar-refractivity contribution in [1.29, 1.82) is 0 Å². The third-order valence-corrected chi connectivity index (χ3v) is 3.77. The second-order valence-electron chi connectivity index (χ2n) is 3.40. The molecule has 1 aliphatic rings. The number of carbonyl (C=O) groups is 1. The number of hydrogen-bond acceptors (Lipinski definition) is 4. The Morgan fingerprint density at radius 1 is 1.38 bits per heavy atom. The number of ether oxygens (including phenoxy) is 1. The van der Waals surface area contributed by atoms with E-state index in [1.807, 2.05) is 31.2 Å². The summed E-state index contributed by atoms with van der Waals surface area (Å²) in [5.74, 6) is 0.808. The minimum absolute atomic E-state index is 0.0418. The molecule has 0 bridgehead atoms. The van der Waals surface area contributed by atoms with Crippen molar-refractivity contribution in [2.24, 2.45) is 0 Å². The molecular formula is C11H11NO2S2. The number of rotatable bonds is 2. The van der Waals surface area contributed by atoms with Gasteiger partial charge in [-0.3, -0.25) is 9.69 Å². The molecule has 1 unspecified atom stereocenters. The highest BCUT2D eigenvalue weighted by Crippen LogP contribution is 2.32. The van der Waals surface area contributed by atoms with E-state index in [0.717, 1.165) is 11.4 Å². The molecule has 1 fully saturated rings. The molecule has 1 amide bonds. The van der Waals surface area contributed by atoms with Crippen LogP contribution in [0.4, 0.5) is 5.69 Å². The Bertz CT molecular complexity index is 430. The van der Waals surface area contributed by atoms with Crippen LogP contribution in [0.2, 0.25) is 0 Å². The third-order valence-electron chi connectivity index (χ3n) is 2.36.